The third-order valence-corrected chi connectivity index (χ3v) is 3.69. The first-order valence-electron chi connectivity index (χ1n) is 7.03. The summed E-state index contributed by atoms with van der Waals surface area (Å²) in [6.45, 7) is 1.70. The van der Waals surface area contributed by atoms with E-state index in [-0.39, 0.29) is 0 Å². The van der Waals surface area contributed by atoms with E-state index in [1.54, 1.807) is 21.3 Å². The van der Waals surface area contributed by atoms with Crippen molar-refractivity contribution in [1.82, 2.24) is 0 Å². The minimum atomic E-state index is 0.565. The first kappa shape index (κ1) is 16.5. The molecule has 22 heavy (non-hydrogen) atoms. The molecule has 0 aromatic heterocycles. The van der Waals surface area contributed by atoms with Crippen LogP contribution in [0.1, 0.15) is 11.1 Å². The molecule has 2 aromatic carbocycles. The second-order valence-corrected chi connectivity index (χ2v) is 5.27. The highest BCUT2D eigenvalue weighted by Gasteiger charge is 2.11. The van der Waals surface area contributed by atoms with Crippen molar-refractivity contribution in [3.63, 3.8) is 0 Å². The maximum Gasteiger partial charge on any atom is 0.179 e. The predicted octanol–water partition coefficient (Wildman–Crippen LogP) is 2.63. The zero-order valence-electron chi connectivity index (χ0n) is 13.1. The first-order chi connectivity index (χ1) is 10.7. The van der Waals surface area contributed by atoms with E-state index in [0.29, 0.717) is 16.5 Å². The monoisotopic (exact) mass is 322 g/mol. The molecule has 0 radical (unpaired) electrons. The molecule has 2 rings (SSSR count). The smallest absolute Gasteiger partial charge is 0.179 e. The van der Waals surface area contributed by atoms with Crippen molar-refractivity contribution in [2.45, 2.75) is 13.1 Å². The molecule has 0 spiro atoms. The zero-order chi connectivity index (χ0) is 15.9. The maximum absolute atomic E-state index is 6.21. The Morgan fingerprint density at radius 2 is 1.55 bits per heavy atom. The predicted molar refractivity (Wildman–Crippen MR) is 86.9 cm³/mol. The first-order valence-corrected chi connectivity index (χ1v) is 7.40. The van der Waals surface area contributed by atoms with Gasteiger partial charge in [-0.05, 0) is 36.4 Å². The Labute approximate surface area is 136 Å². The van der Waals surface area contributed by atoms with Crippen molar-refractivity contribution >= 4 is 11.6 Å². The average molecular weight is 323 g/mol. The SMILES string of the molecule is COc1ccc(C[NH2+]Cc2cc(Cl)c(OC)c(OC)c2)cc1. The molecular weight excluding hydrogens is 302 g/mol. The number of nitrogens with two attached hydrogens (primary N) is 1. The maximum atomic E-state index is 6.21. The average Bonchev–Trinajstić information content (AvgIpc) is 2.55. The molecule has 2 N–H and O–H groups in total. The number of rotatable bonds is 7. The standard InChI is InChI=1S/C17H20ClNO3/c1-20-14-6-4-12(5-7-14)10-19-11-13-8-15(18)17(22-3)16(9-13)21-2/h4-9,19H,10-11H2,1-3H3/p+1. The highest BCUT2D eigenvalue weighted by Crippen LogP contribution is 2.35. The van der Waals surface area contributed by atoms with Gasteiger partial charge in [-0.1, -0.05) is 11.6 Å². The summed E-state index contributed by atoms with van der Waals surface area (Å²) in [7, 11) is 4.86. The largest absolute Gasteiger partial charge is 0.497 e. The number of benzene rings is 2. The molecule has 0 saturated heterocycles. The van der Waals surface area contributed by atoms with Crippen LogP contribution >= 0.6 is 11.6 Å². The fourth-order valence-electron chi connectivity index (χ4n) is 2.26. The van der Waals surface area contributed by atoms with Gasteiger partial charge in [0.25, 0.3) is 0 Å². The molecule has 118 valence electrons. The third-order valence-electron chi connectivity index (χ3n) is 3.41. The van der Waals surface area contributed by atoms with Crippen molar-refractivity contribution in [2.75, 3.05) is 21.3 Å². The normalized spacial score (nSPS) is 10.4. The van der Waals surface area contributed by atoms with Gasteiger partial charge in [-0.25, -0.2) is 0 Å². The Hall–Kier alpha value is -1.91. The molecule has 0 aliphatic heterocycles. The van der Waals surface area contributed by atoms with E-state index in [9.17, 15) is 0 Å². The Kier molecular flexibility index (Phi) is 5.92. The van der Waals surface area contributed by atoms with Crippen LogP contribution in [0.2, 0.25) is 5.02 Å². The van der Waals surface area contributed by atoms with Crippen LogP contribution in [0, 0.1) is 0 Å². The molecule has 0 saturated carbocycles. The minimum Gasteiger partial charge on any atom is -0.497 e. The highest BCUT2D eigenvalue weighted by molar-refractivity contribution is 6.32. The third kappa shape index (κ3) is 4.06. The van der Waals surface area contributed by atoms with Gasteiger partial charge < -0.3 is 19.5 Å². The summed E-state index contributed by atoms with van der Waals surface area (Å²) in [5.41, 5.74) is 2.34. The Morgan fingerprint density at radius 3 is 2.14 bits per heavy atom. The van der Waals surface area contributed by atoms with Gasteiger partial charge in [-0.15, -0.1) is 0 Å². The van der Waals surface area contributed by atoms with E-state index in [1.165, 1.54) is 5.56 Å². The summed E-state index contributed by atoms with van der Waals surface area (Å²) in [5.74, 6) is 2.10. The Balaban J connectivity index is 1.97. The van der Waals surface area contributed by atoms with Gasteiger partial charge in [-0.2, -0.15) is 0 Å². The number of hydrogen-bond acceptors (Lipinski definition) is 3. The van der Waals surface area contributed by atoms with E-state index in [2.05, 4.69) is 17.4 Å². The summed E-state index contributed by atoms with van der Waals surface area (Å²) in [4.78, 5) is 0. The van der Waals surface area contributed by atoms with E-state index >= 15 is 0 Å². The lowest BCUT2D eigenvalue weighted by molar-refractivity contribution is -0.686. The molecular formula is C17H21ClNO3+. The van der Waals surface area contributed by atoms with Gasteiger partial charge >= 0.3 is 0 Å². The number of ether oxygens (including phenoxy) is 3. The molecule has 0 aliphatic rings. The lowest BCUT2D eigenvalue weighted by Gasteiger charge is -2.11. The van der Waals surface area contributed by atoms with Crippen LogP contribution in [-0.2, 0) is 13.1 Å². The van der Waals surface area contributed by atoms with E-state index < -0.39 is 0 Å². The number of hydrogen-bond donors (Lipinski definition) is 1. The van der Waals surface area contributed by atoms with Crippen molar-refractivity contribution in [2.24, 2.45) is 0 Å². The molecule has 0 aliphatic carbocycles. The van der Waals surface area contributed by atoms with Gasteiger partial charge in [0, 0.05) is 11.1 Å². The zero-order valence-corrected chi connectivity index (χ0v) is 13.8. The topological polar surface area (TPSA) is 44.3 Å². The lowest BCUT2D eigenvalue weighted by atomic mass is 10.1. The van der Waals surface area contributed by atoms with Gasteiger partial charge in [-0.3, -0.25) is 0 Å². The molecule has 5 heteroatoms. The van der Waals surface area contributed by atoms with Crippen LogP contribution < -0.4 is 19.5 Å². The van der Waals surface area contributed by atoms with E-state index in [1.807, 2.05) is 24.3 Å². The number of quaternary nitrogens is 1. The molecule has 0 unspecified atom stereocenters. The molecule has 0 atom stereocenters. The lowest BCUT2D eigenvalue weighted by Crippen LogP contribution is -2.80. The van der Waals surface area contributed by atoms with Crippen molar-refractivity contribution in [3.8, 4) is 17.2 Å². The Bertz CT molecular complexity index is 614. The van der Waals surface area contributed by atoms with Gasteiger partial charge in [0.05, 0.1) is 26.4 Å². The fourth-order valence-corrected chi connectivity index (χ4v) is 2.57. The summed E-state index contributed by atoms with van der Waals surface area (Å²) in [6, 6.07) is 11.9. The van der Waals surface area contributed by atoms with Crippen LogP contribution in [0.3, 0.4) is 0 Å². The summed E-state index contributed by atoms with van der Waals surface area (Å²) in [6.07, 6.45) is 0. The van der Waals surface area contributed by atoms with Crippen molar-refractivity contribution < 1.29 is 19.5 Å². The van der Waals surface area contributed by atoms with Crippen molar-refractivity contribution in [3.05, 3.63) is 52.5 Å². The Morgan fingerprint density at radius 1 is 0.864 bits per heavy atom. The minimum absolute atomic E-state index is 0.565. The van der Waals surface area contributed by atoms with Gasteiger partial charge in [0.15, 0.2) is 11.5 Å². The molecule has 0 amide bonds. The highest BCUT2D eigenvalue weighted by atomic mass is 35.5. The van der Waals surface area contributed by atoms with Crippen molar-refractivity contribution in [1.29, 1.82) is 0 Å². The molecule has 0 heterocycles. The quantitative estimate of drug-likeness (QED) is 0.852. The number of methoxy groups -OCH3 is 3. The van der Waals surface area contributed by atoms with Gasteiger partial charge in [0.1, 0.15) is 18.8 Å². The second kappa shape index (κ2) is 7.92. The number of halogens is 1. The molecule has 4 nitrogen and oxygen atoms in total. The van der Waals surface area contributed by atoms with Crippen LogP contribution in [0.15, 0.2) is 36.4 Å². The molecule has 0 bridgehead atoms. The summed E-state index contributed by atoms with van der Waals surface area (Å²) < 4.78 is 15.7. The van der Waals surface area contributed by atoms with Gasteiger partial charge in [0.2, 0.25) is 0 Å². The van der Waals surface area contributed by atoms with Crippen LogP contribution in [0.5, 0.6) is 17.2 Å². The van der Waals surface area contributed by atoms with Crippen LogP contribution in [0.25, 0.3) is 0 Å². The van der Waals surface area contributed by atoms with Crippen LogP contribution in [-0.4, -0.2) is 21.3 Å². The molecule has 0 fully saturated rings. The van der Waals surface area contributed by atoms with E-state index in [4.69, 9.17) is 25.8 Å². The second-order valence-electron chi connectivity index (χ2n) is 4.86. The summed E-state index contributed by atoms with van der Waals surface area (Å²) in [5, 5.41) is 2.77. The fraction of sp³-hybridized carbons (Fsp3) is 0.294. The molecule has 2 aromatic rings. The van der Waals surface area contributed by atoms with Crippen LogP contribution in [0.4, 0.5) is 0 Å². The van der Waals surface area contributed by atoms with E-state index in [0.717, 1.165) is 24.4 Å². The summed E-state index contributed by atoms with van der Waals surface area (Å²) >= 11 is 6.21.